The van der Waals surface area contributed by atoms with E-state index in [1.807, 2.05) is 19.1 Å². The molecule has 40 heavy (non-hydrogen) atoms. The molecular formula is C32H25FN2O5. The zero-order chi connectivity index (χ0) is 28.1. The molecule has 0 aromatic heterocycles. The molecule has 4 aromatic rings. The van der Waals surface area contributed by atoms with Crippen LogP contribution in [0.3, 0.4) is 0 Å². The zero-order valence-corrected chi connectivity index (χ0v) is 21.6. The molecule has 0 fully saturated rings. The Morgan fingerprint density at radius 1 is 0.950 bits per heavy atom. The molecule has 1 heterocycles. The van der Waals surface area contributed by atoms with E-state index in [1.54, 1.807) is 72.8 Å². The summed E-state index contributed by atoms with van der Waals surface area (Å²) in [6, 6.07) is 27.3. The Balaban J connectivity index is 1.35. The van der Waals surface area contributed by atoms with Crippen molar-refractivity contribution in [1.29, 1.82) is 5.26 Å². The summed E-state index contributed by atoms with van der Waals surface area (Å²) in [5.74, 6) is 0.433. The summed E-state index contributed by atoms with van der Waals surface area (Å²) in [4.78, 5) is 12.7. The summed E-state index contributed by atoms with van der Waals surface area (Å²) in [6.07, 6.45) is 0. The number of nitriles is 1. The van der Waals surface area contributed by atoms with Gasteiger partial charge in [0.2, 0.25) is 5.88 Å². The predicted octanol–water partition coefficient (Wildman–Crippen LogP) is 6.24. The van der Waals surface area contributed by atoms with Gasteiger partial charge in [-0.2, -0.15) is 5.26 Å². The minimum absolute atomic E-state index is 0.0325. The number of nitrogens with zero attached hydrogens (tertiary/aromatic N) is 1. The number of halogens is 1. The third kappa shape index (κ3) is 5.59. The molecule has 0 bridgehead atoms. The van der Waals surface area contributed by atoms with Crippen molar-refractivity contribution in [2.75, 3.05) is 6.61 Å². The fourth-order valence-electron chi connectivity index (χ4n) is 4.40. The van der Waals surface area contributed by atoms with E-state index in [0.717, 1.165) is 5.56 Å². The number of carbonyl (C=O) groups is 1. The molecule has 7 nitrogen and oxygen atoms in total. The lowest BCUT2D eigenvalue weighted by Gasteiger charge is -2.26. The summed E-state index contributed by atoms with van der Waals surface area (Å²) < 4.78 is 36.4. The number of nitrogens with two attached hydrogens (primary N) is 1. The molecule has 1 unspecified atom stereocenters. The quantitative estimate of drug-likeness (QED) is 0.210. The molecule has 2 N–H and O–H groups in total. The summed E-state index contributed by atoms with van der Waals surface area (Å²) in [5.41, 5.74) is 8.66. The van der Waals surface area contributed by atoms with E-state index in [0.29, 0.717) is 40.5 Å². The second kappa shape index (κ2) is 11.6. The number of rotatable bonds is 8. The van der Waals surface area contributed by atoms with E-state index >= 15 is 0 Å². The van der Waals surface area contributed by atoms with Gasteiger partial charge < -0.3 is 24.7 Å². The van der Waals surface area contributed by atoms with E-state index in [4.69, 9.17) is 24.7 Å². The minimum atomic E-state index is -0.539. The van der Waals surface area contributed by atoms with Crippen LogP contribution in [-0.2, 0) is 6.61 Å². The Hall–Kier alpha value is -5.29. The molecule has 4 aromatic carbocycles. The molecule has 0 amide bonds. The van der Waals surface area contributed by atoms with Gasteiger partial charge in [0, 0.05) is 17.2 Å². The van der Waals surface area contributed by atoms with Crippen molar-refractivity contribution in [1.82, 2.24) is 0 Å². The van der Waals surface area contributed by atoms with Gasteiger partial charge in [0.15, 0.2) is 0 Å². The highest BCUT2D eigenvalue weighted by atomic mass is 19.1. The molecule has 0 saturated heterocycles. The predicted molar refractivity (Wildman–Crippen MR) is 145 cm³/mol. The van der Waals surface area contributed by atoms with Crippen LogP contribution in [0.5, 0.6) is 23.0 Å². The Labute approximate surface area is 230 Å². The lowest BCUT2D eigenvalue weighted by Crippen LogP contribution is -2.21. The van der Waals surface area contributed by atoms with E-state index in [9.17, 15) is 14.4 Å². The molecule has 200 valence electrons. The standard InChI is InChI=1S/C32H25FN2O5/c1-2-37-23-13-9-21(10-14-23)32(36)39-25-15-16-26-29(17-25)40-31(35)27(18-34)30(26)20-7-11-24(12-8-20)38-19-22-5-3-4-6-28(22)33/h3-17,30H,2,19,35H2,1H3. The average molecular weight is 537 g/mol. The number of carbonyl (C=O) groups excluding carboxylic acids is 1. The molecule has 8 heteroatoms. The Morgan fingerprint density at radius 2 is 1.62 bits per heavy atom. The molecule has 1 atom stereocenters. The van der Waals surface area contributed by atoms with E-state index in [2.05, 4.69) is 6.07 Å². The number of allylic oxidation sites excluding steroid dienone is 1. The number of ether oxygens (including phenoxy) is 4. The molecule has 1 aliphatic heterocycles. The van der Waals surface area contributed by atoms with Crippen LogP contribution < -0.4 is 24.7 Å². The maximum atomic E-state index is 13.9. The maximum Gasteiger partial charge on any atom is 0.343 e. The van der Waals surface area contributed by atoms with Crippen LogP contribution >= 0.6 is 0 Å². The van der Waals surface area contributed by atoms with Gasteiger partial charge in [0.25, 0.3) is 0 Å². The zero-order valence-electron chi connectivity index (χ0n) is 21.6. The van der Waals surface area contributed by atoms with Crippen molar-refractivity contribution in [2.45, 2.75) is 19.4 Å². The van der Waals surface area contributed by atoms with Gasteiger partial charge >= 0.3 is 5.97 Å². The van der Waals surface area contributed by atoms with Crippen LogP contribution in [0.25, 0.3) is 0 Å². The van der Waals surface area contributed by atoms with Gasteiger partial charge in [-0.25, -0.2) is 9.18 Å². The van der Waals surface area contributed by atoms with Crippen LogP contribution in [0.15, 0.2) is 102 Å². The number of hydrogen-bond donors (Lipinski definition) is 1. The average Bonchev–Trinajstić information content (AvgIpc) is 2.97. The van der Waals surface area contributed by atoms with Crippen molar-refractivity contribution in [3.05, 3.63) is 131 Å². The molecular weight excluding hydrogens is 511 g/mol. The van der Waals surface area contributed by atoms with Gasteiger partial charge in [-0.05, 0) is 61.0 Å². The van der Waals surface area contributed by atoms with Gasteiger partial charge in [0.1, 0.15) is 47.1 Å². The first kappa shape index (κ1) is 26.3. The fraction of sp³-hybridized carbons (Fsp3) is 0.125. The monoisotopic (exact) mass is 536 g/mol. The van der Waals surface area contributed by atoms with Gasteiger partial charge in [0.05, 0.1) is 18.1 Å². The fourth-order valence-corrected chi connectivity index (χ4v) is 4.40. The van der Waals surface area contributed by atoms with Gasteiger partial charge in [-0.3, -0.25) is 0 Å². The number of fused-ring (bicyclic) bond motifs is 1. The highest BCUT2D eigenvalue weighted by Gasteiger charge is 2.31. The molecule has 0 aliphatic carbocycles. The topological polar surface area (TPSA) is 104 Å². The molecule has 5 rings (SSSR count). The lowest BCUT2D eigenvalue weighted by molar-refractivity contribution is 0.0734. The second-order valence-electron chi connectivity index (χ2n) is 8.92. The Bertz CT molecular complexity index is 1610. The Morgan fingerprint density at radius 3 is 2.33 bits per heavy atom. The van der Waals surface area contributed by atoms with Crippen molar-refractivity contribution in [3.63, 3.8) is 0 Å². The lowest BCUT2D eigenvalue weighted by atomic mass is 9.83. The van der Waals surface area contributed by atoms with Crippen molar-refractivity contribution in [3.8, 4) is 29.1 Å². The third-order valence-corrected chi connectivity index (χ3v) is 6.37. The van der Waals surface area contributed by atoms with Gasteiger partial charge in [-0.1, -0.05) is 36.4 Å². The summed E-state index contributed by atoms with van der Waals surface area (Å²) >= 11 is 0. The van der Waals surface area contributed by atoms with Crippen molar-refractivity contribution >= 4 is 5.97 Å². The largest absolute Gasteiger partial charge is 0.494 e. The normalized spacial score (nSPS) is 14.0. The SMILES string of the molecule is CCOc1ccc(C(=O)Oc2ccc3c(c2)OC(N)=C(C#N)C3c2ccc(OCc3ccccc3F)cc2)cc1. The Kier molecular flexibility index (Phi) is 7.65. The van der Waals surface area contributed by atoms with Crippen LogP contribution in [0, 0.1) is 17.1 Å². The highest BCUT2D eigenvalue weighted by molar-refractivity contribution is 5.91. The number of esters is 1. The molecule has 0 spiro atoms. The molecule has 0 saturated carbocycles. The highest BCUT2D eigenvalue weighted by Crippen LogP contribution is 2.43. The summed E-state index contributed by atoms with van der Waals surface area (Å²) in [5, 5.41) is 9.86. The minimum Gasteiger partial charge on any atom is -0.494 e. The van der Waals surface area contributed by atoms with Gasteiger partial charge in [-0.15, -0.1) is 0 Å². The summed E-state index contributed by atoms with van der Waals surface area (Å²) in [6.45, 7) is 2.49. The second-order valence-corrected chi connectivity index (χ2v) is 8.92. The molecule has 0 radical (unpaired) electrons. The molecule has 1 aliphatic rings. The van der Waals surface area contributed by atoms with Crippen molar-refractivity contribution < 1.29 is 28.1 Å². The summed E-state index contributed by atoms with van der Waals surface area (Å²) in [7, 11) is 0. The first-order valence-corrected chi connectivity index (χ1v) is 12.6. The maximum absolute atomic E-state index is 13.9. The number of benzene rings is 4. The van der Waals surface area contributed by atoms with Crippen LogP contribution in [-0.4, -0.2) is 12.6 Å². The van der Waals surface area contributed by atoms with E-state index < -0.39 is 11.9 Å². The van der Waals surface area contributed by atoms with Crippen LogP contribution in [0.4, 0.5) is 4.39 Å². The first-order chi connectivity index (χ1) is 19.5. The first-order valence-electron chi connectivity index (χ1n) is 12.6. The van der Waals surface area contributed by atoms with Crippen LogP contribution in [0.2, 0.25) is 0 Å². The van der Waals surface area contributed by atoms with E-state index in [-0.39, 0.29) is 29.6 Å². The van der Waals surface area contributed by atoms with Crippen molar-refractivity contribution in [2.24, 2.45) is 5.73 Å². The van der Waals surface area contributed by atoms with Crippen LogP contribution in [0.1, 0.15) is 39.9 Å². The van der Waals surface area contributed by atoms with E-state index in [1.165, 1.54) is 6.07 Å². The smallest absolute Gasteiger partial charge is 0.343 e. The third-order valence-electron chi connectivity index (χ3n) is 6.37. The number of hydrogen-bond acceptors (Lipinski definition) is 7.